The number of phenolic OH excluding ortho intramolecular Hbond substituents is 1. The summed E-state index contributed by atoms with van der Waals surface area (Å²) < 4.78 is 0. The fourth-order valence-corrected chi connectivity index (χ4v) is 3.50. The Morgan fingerprint density at radius 2 is 1.09 bits per heavy atom. The molecule has 0 aliphatic carbocycles. The highest BCUT2D eigenvalue weighted by Gasteiger charge is 2.19. The molecule has 1 rings (SSSR count). The van der Waals surface area contributed by atoms with Gasteiger partial charge in [0, 0.05) is 0 Å². The van der Waals surface area contributed by atoms with Gasteiger partial charge in [0.05, 0.1) is 0 Å². The standard InChI is InChI=1S/C21H36O/c1-6-10-13-18-16(5)17(9-4)21(22)20(15-12-8-3)19(18)14-11-7-2/h22H,6-15H2,1-5H3. The molecule has 0 radical (unpaired) electrons. The highest BCUT2D eigenvalue weighted by Crippen LogP contribution is 2.36. The molecule has 1 nitrogen and oxygen atoms in total. The lowest BCUT2D eigenvalue weighted by Crippen LogP contribution is -2.08. The first-order valence-electron chi connectivity index (χ1n) is 9.47. The minimum Gasteiger partial charge on any atom is -0.507 e. The molecular formula is C21H36O. The van der Waals surface area contributed by atoms with Crippen LogP contribution in [0.5, 0.6) is 5.75 Å². The molecule has 0 unspecified atom stereocenters. The Kier molecular flexibility index (Phi) is 8.60. The monoisotopic (exact) mass is 304 g/mol. The summed E-state index contributed by atoms with van der Waals surface area (Å²) in [7, 11) is 0. The summed E-state index contributed by atoms with van der Waals surface area (Å²) in [6.45, 7) is 11.1. The molecule has 0 saturated heterocycles. The molecule has 0 amide bonds. The summed E-state index contributed by atoms with van der Waals surface area (Å²) in [4.78, 5) is 0. The van der Waals surface area contributed by atoms with Gasteiger partial charge >= 0.3 is 0 Å². The molecule has 1 aromatic carbocycles. The maximum Gasteiger partial charge on any atom is 0.122 e. The van der Waals surface area contributed by atoms with Crippen molar-refractivity contribution in [1.29, 1.82) is 0 Å². The minimum absolute atomic E-state index is 0.611. The normalized spacial score (nSPS) is 11.1. The number of rotatable bonds is 10. The number of benzene rings is 1. The zero-order valence-corrected chi connectivity index (χ0v) is 15.5. The molecule has 0 aliphatic heterocycles. The molecule has 1 heteroatoms. The van der Waals surface area contributed by atoms with Gasteiger partial charge in [0.25, 0.3) is 0 Å². The first kappa shape index (κ1) is 19.1. The van der Waals surface area contributed by atoms with Gasteiger partial charge in [-0.3, -0.25) is 0 Å². The third kappa shape index (κ3) is 4.51. The summed E-state index contributed by atoms with van der Waals surface area (Å²) in [5.74, 6) is 0.611. The van der Waals surface area contributed by atoms with Crippen molar-refractivity contribution in [2.75, 3.05) is 0 Å². The van der Waals surface area contributed by atoms with Crippen LogP contribution in [-0.2, 0) is 25.7 Å². The third-order valence-electron chi connectivity index (χ3n) is 4.90. The molecule has 0 bridgehead atoms. The average molecular weight is 305 g/mol. The molecule has 0 atom stereocenters. The van der Waals surface area contributed by atoms with Crippen molar-refractivity contribution in [3.8, 4) is 5.75 Å². The molecule has 0 fully saturated rings. The smallest absolute Gasteiger partial charge is 0.122 e. The Morgan fingerprint density at radius 1 is 0.636 bits per heavy atom. The average Bonchev–Trinajstić information content (AvgIpc) is 2.52. The van der Waals surface area contributed by atoms with Gasteiger partial charge in [-0.05, 0) is 79.7 Å². The van der Waals surface area contributed by atoms with Gasteiger partial charge < -0.3 is 5.11 Å². The van der Waals surface area contributed by atoms with Crippen LogP contribution in [-0.4, -0.2) is 5.11 Å². The van der Waals surface area contributed by atoms with E-state index in [2.05, 4.69) is 34.6 Å². The maximum atomic E-state index is 10.8. The van der Waals surface area contributed by atoms with Crippen LogP contribution in [0.3, 0.4) is 0 Å². The molecule has 0 heterocycles. The Balaban J connectivity index is 3.40. The quantitative estimate of drug-likeness (QED) is 0.538. The fraction of sp³-hybridized carbons (Fsp3) is 0.714. The van der Waals surface area contributed by atoms with E-state index in [1.54, 1.807) is 5.56 Å². The minimum atomic E-state index is 0.611. The van der Waals surface area contributed by atoms with Crippen LogP contribution in [0, 0.1) is 6.92 Å². The van der Waals surface area contributed by atoms with Crippen molar-refractivity contribution in [2.45, 2.75) is 98.8 Å². The first-order valence-corrected chi connectivity index (χ1v) is 9.47. The van der Waals surface area contributed by atoms with Crippen LogP contribution in [0.25, 0.3) is 0 Å². The van der Waals surface area contributed by atoms with Gasteiger partial charge in [0.1, 0.15) is 5.75 Å². The van der Waals surface area contributed by atoms with Gasteiger partial charge in [-0.25, -0.2) is 0 Å². The van der Waals surface area contributed by atoms with Crippen molar-refractivity contribution in [1.82, 2.24) is 0 Å². The van der Waals surface area contributed by atoms with E-state index in [0.29, 0.717) is 5.75 Å². The van der Waals surface area contributed by atoms with Crippen LogP contribution in [0.1, 0.15) is 94.0 Å². The molecule has 1 N–H and O–H groups in total. The summed E-state index contributed by atoms with van der Waals surface area (Å²) in [5.41, 5.74) is 6.85. The predicted octanol–water partition coefficient (Wildman–Crippen LogP) is 6.29. The molecule has 0 aliphatic rings. The van der Waals surface area contributed by atoms with Crippen LogP contribution >= 0.6 is 0 Å². The van der Waals surface area contributed by atoms with Gasteiger partial charge in [-0.2, -0.15) is 0 Å². The van der Waals surface area contributed by atoms with Crippen LogP contribution < -0.4 is 0 Å². The molecule has 0 aromatic heterocycles. The highest BCUT2D eigenvalue weighted by molar-refractivity contribution is 5.55. The van der Waals surface area contributed by atoms with Crippen LogP contribution in [0.2, 0.25) is 0 Å². The molecule has 0 spiro atoms. The van der Waals surface area contributed by atoms with Gasteiger partial charge in [-0.1, -0.05) is 47.0 Å². The molecule has 126 valence electrons. The first-order chi connectivity index (χ1) is 10.6. The summed E-state index contributed by atoms with van der Waals surface area (Å²) in [6, 6.07) is 0. The number of unbranched alkanes of at least 4 members (excludes halogenated alkanes) is 3. The van der Waals surface area contributed by atoms with E-state index in [1.807, 2.05) is 0 Å². The van der Waals surface area contributed by atoms with Crippen molar-refractivity contribution < 1.29 is 5.11 Å². The lowest BCUT2D eigenvalue weighted by molar-refractivity contribution is 0.457. The molecular weight excluding hydrogens is 268 g/mol. The fourth-order valence-electron chi connectivity index (χ4n) is 3.50. The van der Waals surface area contributed by atoms with Crippen molar-refractivity contribution >= 4 is 0 Å². The molecule has 0 saturated carbocycles. The van der Waals surface area contributed by atoms with Gasteiger partial charge in [0.2, 0.25) is 0 Å². The van der Waals surface area contributed by atoms with Gasteiger partial charge in [-0.15, -0.1) is 0 Å². The summed E-state index contributed by atoms with van der Waals surface area (Å²) >= 11 is 0. The maximum absolute atomic E-state index is 10.8. The SMILES string of the molecule is CCCCc1c(C)c(CC)c(O)c(CCCC)c1CCCC. The van der Waals surface area contributed by atoms with E-state index in [9.17, 15) is 5.11 Å². The van der Waals surface area contributed by atoms with E-state index in [0.717, 1.165) is 19.3 Å². The zero-order chi connectivity index (χ0) is 16.5. The number of hydrogen-bond acceptors (Lipinski definition) is 1. The second-order valence-corrected chi connectivity index (χ2v) is 6.55. The van der Waals surface area contributed by atoms with E-state index in [-0.39, 0.29) is 0 Å². The summed E-state index contributed by atoms with van der Waals surface area (Å²) in [6.07, 6.45) is 11.6. The number of phenols is 1. The zero-order valence-electron chi connectivity index (χ0n) is 15.5. The lowest BCUT2D eigenvalue weighted by atomic mass is 9.84. The van der Waals surface area contributed by atoms with Crippen LogP contribution in [0.4, 0.5) is 0 Å². The second kappa shape index (κ2) is 9.92. The van der Waals surface area contributed by atoms with E-state index >= 15 is 0 Å². The highest BCUT2D eigenvalue weighted by atomic mass is 16.3. The van der Waals surface area contributed by atoms with E-state index < -0.39 is 0 Å². The Hall–Kier alpha value is -0.980. The third-order valence-corrected chi connectivity index (χ3v) is 4.90. The topological polar surface area (TPSA) is 20.2 Å². The number of hydrogen-bond donors (Lipinski definition) is 1. The Morgan fingerprint density at radius 3 is 1.55 bits per heavy atom. The summed E-state index contributed by atoms with van der Waals surface area (Å²) in [5, 5.41) is 10.8. The van der Waals surface area contributed by atoms with Crippen molar-refractivity contribution in [3.05, 3.63) is 27.8 Å². The Labute approximate surface area is 138 Å². The van der Waals surface area contributed by atoms with E-state index in [4.69, 9.17) is 0 Å². The predicted molar refractivity (Wildman–Crippen MR) is 98.1 cm³/mol. The van der Waals surface area contributed by atoms with Crippen LogP contribution in [0.15, 0.2) is 0 Å². The molecule has 1 aromatic rings. The lowest BCUT2D eigenvalue weighted by Gasteiger charge is -2.23. The largest absolute Gasteiger partial charge is 0.507 e. The van der Waals surface area contributed by atoms with E-state index in [1.165, 1.54) is 67.2 Å². The van der Waals surface area contributed by atoms with Gasteiger partial charge in [0.15, 0.2) is 0 Å². The molecule has 22 heavy (non-hydrogen) atoms. The number of aromatic hydroxyl groups is 1. The Bertz CT molecular complexity index is 424. The van der Waals surface area contributed by atoms with Crippen molar-refractivity contribution in [2.24, 2.45) is 0 Å². The second-order valence-electron chi connectivity index (χ2n) is 6.55. The van der Waals surface area contributed by atoms with Crippen molar-refractivity contribution in [3.63, 3.8) is 0 Å².